The number of nitrogens with zero attached hydrogens (tertiary/aromatic N) is 4. The normalized spacial score (nSPS) is 16.0. The first-order chi connectivity index (χ1) is 10.4. The molecular weight excluding hydrogens is 278 g/mol. The van der Waals surface area contributed by atoms with Gasteiger partial charge in [-0.2, -0.15) is 0 Å². The Morgan fingerprint density at radius 2 is 1.95 bits per heavy atom. The number of aromatic nitrogens is 2. The molecule has 0 aromatic carbocycles. The molecule has 2 amide bonds. The summed E-state index contributed by atoms with van der Waals surface area (Å²) in [5, 5.41) is 2.95. The first-order valence-corrected chi connectivity index (χ1v) is 7.97. The van der Waals surface area contributed by atoms with Gasteiger partial charge in [0.25, 0.3) is 0 Å². The number of rotatable bonds is 3. The van der Waals surface area contributed by atoms with Crippen LogP contribution in [0.2, 0.25) is 0 Å². The van der Waals surface area contributed by atoms with Gasteiger partial charge in [-0.05, 0) is 40.5 Å². The fourth-order valence-corrected chi connectivity index (χ4v) is 2.86. The summed E-state index contributed by atoms with van der Waals surface area (Å²) in [6, 6.07) is 2.51. The molecule has 22 heavy (non-hydrogen) atoms. The van der Waals surface area contributed by atoms with Crippen molar-refractivity contribution in [2.45, 2.75) is 52.6 Å². The molecule has 1 aliphatic rings. The average Bonchev–Trinajstić information content (AvgIpc) is 2.45. The van der Waals surface area contributed by atoms with Crippen molar-refractivity contribution in [3.05, 3.63) is 17.6 Å². The summed E-state index contributed by atoms with van der Waals surface area (Å²) in [6.45, 7) is 9.71. The molecule has 1 fully saturated rings. The maximum Gasteiger partial charge on any atom is 0.317 e. The minimum atomic E-state index is 0.0159. The molecule has 1 aromatic rings. The SMILES string of the molecule is Cc1cc(N2CCC(N(C)C(=O)NC(C)C)CC2)nc(C)n1. The number of aryl methyl sites for hydroxylation is 2. The quantitative estimate of drug-likeness (QED) is 0.929. The summed E-state index contributed by atoms with van der Waals surface area (Å²) < 4.78 is 0. The van der Waals surface area contributed by atoms with Crippen LogP contribution in [0.4, 0.5) is 10.6 Å². The molecule has 0 radical (unpaired) electrons. The van der Waals surface area contributed by atoms with Crippen LogP contribution < -0.4 is 10.2 Å². The minimum absolute atomic E-state index is 0.0159. The molecule has 2 rings (SSSR count). The maximum absolute atomic E-state index is 12.1. The molecule has 0 spiro atoms. The second kappa shape index (κ2) is 6.94. The van der Waals surface area contributed by atoms with Crippen LogP contribution in [0.3, 0.4) is 0 Å². The minimum Gasteiger partial charge on any atom is -0.356 e. The zero-order valence-corrected chi connectivity index (χ0v) is 14.3. The van der Waals surface area contributed by atoms with E-state index in [1.54, 1.807) is 0 Å². The number of amides is 2. The van der Waals surface area contributed by atoms with E-state index in [2.05, 4.69) is 20.2 Å². The molecule has 1 N–H and O–H groups in total. The van der Waals surface area contributed by atoms with Crippen LogP contribution in [0, 0.1) is 13.8 Å². The standard InChI is InChI=1S/C16H27N5O/c1-11(2)17-16(22)20(5)14-6-8-21(9-7-14)15-10-12(3)18-13(4)19-15/h10-11,14H,6-9H2,1-5H3,(H,17,22). The summed E-state index contributed by atoms with van der Waals surface area (Å²) in [5.41, 5.74) is 0.998. The van der Waals surface area contributed by atoms with Crippen molar-refractivity contribution < 1.29 is 4.79 Å². The molecule has 1 aromatic heterocycles. The number of carbonyl (C=O) groups is 1. The lowest BCUT2D eigenvalue weighted by molar-refractivity contribution is 0.177. The smallest absolute Gasteiger partial charge is 0.317 e. The fourth-order valence-electron chi connectivity index (χ4n) is 2.86. The highest BCUT2D eigenvalue weighted by Gasteiger charge is 2.26. The van der Waals surface area contributed by atoms with Crippen LogP contribution in [-0.4, -0.2) is 53.1 Å². The van der Waals surface area contributed by atoms with Gasteiger partial charge in [0.05, 0.1) is 0 Å². The van der Waals surface area contributed by atoms with Crippen molar-refractivity contribution >= 4 is 11.8 Å². The zero-order chi connectivity index (χ0) is 16.3. The summed E-state index contributed by atoms with van der Waals surface area (Å²) in [6.07, 6.45) is 1.92. The number of urea groups is 1. The predicted octanol–water partition coefficient (Wildman–Crippen LogP) is 2.11. The molecule has 0 atom stereocenters. The molecule has 2 heterocycles. The lowest BCUT2D eigenvalue weighted by Crippen LogP contribution is -2.50. The van der Waals surface area contributed by atoms with Gasteiger partial charge in [-0.25, -0.2) is 14.8 Å². The van der Waals surface area contributed by atoms with E-state index in [0.29, 0.717) is 6.04 Å². The van der Waals surface area contributed by atoms with E-state index in [0.717, 1.165) is 43.3 Å². The topological polar surface area (TPSA) is 61.4 Å². The van der Waals surface area contributed by atoms with Gasteiger partial charge in [0.15, 0.2) is 0 Å². The zero-order valence-electron chi connectivity index (χ0n) is 14.3. The first kappa shape index (κ1) is 16.5. The Balaban J connectivity index is 1.94. The summed E-state index contributed by atoms with van der Waals surface area (Å²) in [4.78, 5) is 25.0. The molecule has 6 heteroatoms. The van der Waals surface area contributed by atoms with Gasteiger partial charge in [-0.1, -0.05) is 0 Å². The van der Waals surface area contributed by atoms with Gasteiger partial charge < -0.3 is 15.1 Å². The van der Waals surface area contributed by atoms with Crippen LogP contribution in [-0.2, 0) is 0 Å². The highest BCUT2D eigenvalue weighted by atomic mass is 16.2. The molecular formula is C16H27N5O. The Hall–Kier alpha value is -1.85. The van der Waals surface area contributed by atoms with Crippen LogP contribution in [0.1, 0.15) is 38.2 Å². The van der Waals surface area contributed by atoms with Crippen LogP contribution >= 0.6 is 0 Å². The number of hydrogen-bond donors (Lipinski definition) is 1. The van der Waals surface area contributed by atoms with E-state index in [-0.39, 0.29) is 12.1 Å². The molecule has 6 nitrogen and oxygen atoms in total. The number of anilines is 1. The lowest BCUT2D eigenvalue weighted by Gasteiger charge is -2.37. The molecule has 0 aliphatic carbocycles. The van der Waals surface area contributed by atoms with E-state index in [1.807, 2.05) is 45.7 Å². The monoisotopic (exact) mass is 305 g/mol. The van der Waals surface area contributed by atoms with Gasteiger partial charge in [0, 0.05) is 44.0 Å². The third kappa shape index (κ3) is 4.08. The van der Waals surface area contributed by atoms with E-state index in [1.165, 1.54) is 0 Å². The third-order valence-corrected chi connectivity index (χ3v) is 4.02. The fraction of sp³-hybridized carbons (Fsp3) is 0.688. The van der Waals surface area contributed by atoms with Crippen molar-refractivity contribution in [2.24, 2.45) is 0 Å². The Bertz CT molecular complexity index is 503. The van der Waals surface area contributed by atoms with Crippen molar-refractivity contribution in [1.82, 2.24) is 20.2 Å². The highest BCUT2D eigenvalue weighted by Crippen LogP contribution is 2.21. The number of nitrogens with one attached hydrogen (secondary N) is 1. The van der Waals surface area contributed by atoms with Gasteiger partial charge >= 0.3 is 6.03 Å². The Labute approximate surface area is 132 Å². The lowest BCUT2D eigenvalue weighted by atomic mass is 10.0. The molecule has 0 unspecified atom stereocenters. The second-order valence-electron chi connectivity index (χ2n) is 6.35. The Morgan fingerprint density at radius 3 is 2.50 bits per heavy atom. The van der Waals surface area contributed by atoms with E-state index >= 15 is 0 Å². The summed E-state index contributed by atoms with van der Waals surface area (Å²) >= 11 is 0. The molecule has 1 saturated heterocycles. The third-order valence-electron chi connectivity index (χ3n) is 4.02. The van der Waals surface area contributed by atoms with Crippen molar-refractivity contribution in [3.63, 3.8) is 0 Å². The van der Waals surface area contributed by atoms with Crippen molar-refractivity contribution in [1.29, 1.82) is 0 Å². The molecule has 1 aliphatic heterocycles. The Kier molecular flexibility index (Phi) is 5.21. The molecule has 0 bridgehead atoms. The van der Waals surface area contributed by atoms with Gasteiger partial charge in [-0.3, -0.25) is 0 Å². The summed E-state index contributed by atoms with van der Waals surface area (Å²) in [7, 11) is 1.89. The number of piperidine rings is 1. The molecule has 0 saturated carbocycles. The highest BCUT2D eigenvalue weighted by molar-refractivity contribution is 5.74. The summed E-state index contributed by atoms with van der Waals surface area (Å²) in [5.74, 6) is 1.81. The maximum atomic E-state index is 12.1. The number of carbonyl (C=O) groups excluding carboxylic acids is 1. The van der Waals surface area contributed by atoms with E-state index < -0.39 is 0 Å². The van der Waals surface area contributed by atoms with E-state index in [9.17, 15) is 4.79 Å². The van der Waals surface area contributed by atoms with Gasteiger partial charge in [0.1, 0.15) is 11.6 Å². The van der Waals surface area contributed by atoms with Crippen LogP contribution in [0.25, 0.3) is 0 Å². The van der Waals surface area contributed by atoms with Crippen LogP contribution in [0.5, 0.6) is 0 Å². The van der Waals surface area contributed by atoms with Gasteiger partial charge in [-0.15, -0.1) is 0 Å². The number of hydrogen-bond acceptors (Lipinski definition) is 4. The largest absolute Gasteiger partial charge is 0.356 e. The van der Waals surface area contributed by atoms with Crippen molar-refractivity contribution in [2.75, 3.05) is 25.0 Å². The Morgan fingerprint density at radius 1 is 1.32 bits per heavy atom. The second-order valence-corrected chi connectivity index (χ2v) is 6.35. The average molecular weight is 305 g/mol. The first-order valence-electron chi connectivity index (χ1n) is 7.97. The van der Waals surface area contributed by atoms with Gasteiger partial charge in [0.2, 0.25) is 0 Å². The van der Waals surface area contributed by atoms with Crippen LogP contribution in [0.15, 0.2) is 6.07 Å². The van der Waals surface area contributed by atoms with Crippen molar-refractivity contribution in [3.8, 4) is 0 Å². The predicted molar refractivity (Wildman–Crippen MR) is 88.2 cm³/mol. The van der Waals surface area contributed by atoms with E-state index in [4.69, 9.17) is 0 Å². The molecule has 122 valence electrons.